The number of carbonyl (C=O) groups excluding carboxylic acids is 2. The maximum atomic E-state index is 13.3. The van der Waals surface area contributed by atoms with Crippen molar-refractivity contribution < 1.29 is 19.2 Å². The lowest BCUT2D eigenvalue weighted by Gasteiger charge is -2.31. The summed E-state index contributed by atoms with van der Waals surface area (Å²) in [5, 5.41) is 17.5. The van der Waals surface area contributed by atoms with E-state index in [4.69, 9.17) is 9.52 Å². The number of aliphatic hydroxyl groups is 1. The van der Waals surface area contributed by atoms with Gasteiger partial charge in [0.2, 0.25) is 0 Å². The van der Waals surface area contributed by atoms with Crippen LogP contribution < -0.4 is 0 Å². The van der Waals surface area contributed by atoms with E-state index in [9.17, 15) is 14.7 Å². The molecule has 4 aromatic rings. The highest BCUT2D eigenvalue weighted by Crippen LogP contribution is 2.39. The molecule has 202 valence electrons. The van der Waals surface area contributed by atoms with Crippen molar-refractivity contribution in [3.8, 4) is 0 Å². The molecule has 1 fully saturated rings. The standard InChI is InChI=1S/C34H32N2O4/c1-34(2)19-27(35-25-14-8-12-22-11-6-7-13-24(22)25)32(30(39)20-34)28(37)16-15-26-33-29(38)17-23(18-31(33)40-36-26)21-9-4-3-5-10-21/h3-14,23,37H,15-20H2,1-2H3/b32-28+,35-27?. The van der Waals surface area contributed by atoms with Crippen LogP contribution in [0, 0.1) is 5.41 Å². The fraction of sp³-hybridized carbons (Fsp3) is 0.294. The van der Waals surface area contributed by atoms with Crippen molar-refractivity contribution in [2.75, 3.05) is 0 Å². The predicted octanol–water partition coefficient (Wildman–Crippen LogP) is 7.65. The molecule has 0 amide bonds. The molecule has 0 bridgehead atoms. The van der Waals surface area contributed by atoms with Gasteiger partial charge in [0.1, 0.15) is 11.5 Å². The maximum Gasteiger partial charge on any atom is 0.168 e. The van der Waals surface area contributed by atoms with Crippen molar-refractivity contribution in [3.05, 3.63) is 107 Å². The summed E-state index contributed by atoms with van der Waals surface area (Å²) in [5.41, 5.74) is 3.57. The Hall–Kier alpha value is -4.32. The van der Waals surface area contributed by atoms with E-state index in [2.05, 4.69) is 5.16 Å². The van der Waals surface area contributed by atoms with Gasteiger partial charge in [0, 0.05) is 37.5 Å². The fourth-order valence-electron chi connectivity index (χ4n) is 6.10. The normalized spacial score (nSPS) is 21.1. The number of hydrogen-bond acceptors (Lipinski definition) is 6. The zero-order valence-corrected chi connectivity index (χ0v) is 22.8. The highest BCUT2D eigenvalue weighted by Gasteiger charge is 2.37. The molecule has 0 spiro atoms. The van der Waals surface area contributed by atoms with Gasteiger partial charge in [-0.25, -0.2) is 0 Å². The van der Waals surface area contributed by atoms with Crippen LogP contribution >= 0.6 is 0 Å². The number of aryl methyl sites for hydroxylation is 1. The van der Waals surface area contributed by atoms with Gasteiger partial charge in [0.15, 0.2) is 11.6 Å². The molecule has 1 aromatic heterocycles. The van der Waals surface area contributed by atoms with E-state index < -0.39 is 0 Å². The molecular weight excluding hydrogens is 500 g/mol. The molecule has 3 aromatic carbocycles. The van der Waals surface area contributed by atoms with Crippen molar-refractivity contribution in [2.45, 2.75) is 58.3 Å². The molecule has 6 nitrogen and oxygen atoms in total. The summed E-state index contributed by atoms with van der Waals surface area (Å²) in [7, 11) is 0. The monoisotopic (exact) mass is 532 g/mol. The number of ketones is 2. The Bertz CT molecular complexity index is 1670. The summed E-state index contributed by atoms with van der Waals surface area (Å²) in [4.78, 5) is 31.4. The van der Waals surface area contributed by atoms with Gasteiger partial charge in [-0.3, -0.25) is 14.6 Å². The SMILES string of the molecule is CC1(C)CC(=O)/C(=C(/O)CCc2noc3c2C(=O)CC(c2ccccc2)C3)C(=Nc2cccc3ccccc23)C1. The van der Waals surface area contributed by atoms with Crippen LogP contribution in [0.25, 0.3) is 10.8 Å². The molecule has 6 rings (SSSR count). The van der Waals surface area contributed by atoms with Crippen LogP contribution in [0.2, 0.25) is 0 Å². The second kappa shape index (κ2) is 10.3. The number of benzene rings is 3. The Balaban J connectivity index is 1.29. The summed E-state index contributed by atoms with van der Waals surface area (Å²) in [6.45, 7) is 4.10. The van der Waals surface area contributed by atoms with Gasteiger partial charge in [-0.15, -0.1) is 0 Å². The van der Waals surface area contributed by atoms with Gasteiger partial charge >= 0.3 is 0 Å². The van der Waals surface area contributed by atoms with Crippen molar-refractivity contribution in [2.24, 2.45) is 10.4 Å². The second-order valence-electron chi connectivity index (χ2n) is 11.7. The number of Topliss-reactive ketones (excluding diaryl/α,β-unsaturated/α-hetero) is 2. The number of hydrogen-bond donors (Lipinski definition) is 1. The molecule has 2 aliphatic rings. The Morgan fingerprint density at radius 2 is 1.70 bits per heavy atom. The molecular formula is C34H32N2O4. The number of rotatable bonds is 5. The average molecular weight is 533 g/mol. The first-order valence-corrected chi connectivity index (χ1v) is 13.9. The number of allylic oxidation sites excluding steroid dienone is 2. The Labute approximate surface area is 233 Å². The number of aliphatic hydroxyl groups excluding tert-OH is 1. The van der Waals surface area contributed by atoms with Crippen molar-refractivity contribution in [1.82, 2.24) is 5.16 Å². The number of fused-ring (bicyclic) bond motifs is 2. The van der Waals surface area contributed by atoms with E-state index >= 15 is 0 Å². The molecule has 2 aliphatic carbocycles. The number of carbonyl (C=O) groups is 2. The first-order chi connectivity index (χ1) is 19.3. The molecule has 0 aliphatic heterocycles. The van der Waals surface area contributed by atoms with Crippen LogP contribution in [0.15, 0.2) is 93.6 Å². The van der Waals surface area contributed by atoms with E-state index in [1.807, 2.05) is 86.6 Å². The van der Waals surface area contributed by atoms with Crippen LogP contribution in [0.3, 0.4) is 0 Å². The average Bonchev–Trinajstić information content (AvgIpc) is 3.35. The minimum atomic E-state index is -0.267. The molecule has 1 unspecified atom stereocenters. The summed E-state index contributed by atoms with van der Waals surface area (Å²) in [6, 6.07) is 23.9. The number of aromatic nitrogens is 1. The fourth-order valence-corrected chi connectivity index (χ4v) is 6.10. The minimum Gasteiger partial charge on any atom is -0.511 e. The van der Waals surface area contributed by atoms with Crippen LogP contribution in [0.1, 0.15) is 72.8 Å². The summed E-state index contributed by atoms with van der Waals surface area (Å²) in [5.74, 6) is 0.542. The van der Waals surface area contributed by atoms with Crippen molar-refractivity contribution in [1.29, 1.82) is 0 Å². The van der Waals surface area contributed by atoms with Crippen LogP contribution in [0.5, 0.6) is 0 Å². The molecule has 40 heavy (non-hydrogen) atoms. The quantitative estimate of drug-likeness (QED) is 0.210. The lowest BCUT2D eigenvalue weighted by Crippen LogP contribution is -2.32. The summed E-state index contributed by atoms with van der Waals surface area (Å²) < 4.78 is 5.62. The van der Waals surface area contributed by atoms with Crippen LogP contribution in [-0.2, 0) is 17.6 Å². The number of aliphatic imine (C=N–C) groups is 1. The molecule has 1 saturated carbocycles. The topological polar surface area (TPSA) is 92.8 Å². The largest absolute Gasteiger partial charge is 0.511 e. The lowest BCUT2D eigenvalue weighted by molar-refractivity contribution is -0.117. The van der Waals surface area contributed by atoms with Gasteiger partial charge in [-0.05, 0) is 34.8 Å². The maximum absolute atomic E-state index is 13.3. The second-order valence-corrected chi connectivity index (χ2v) is 11.7. The van der Waals surface area contributed by atoms with E-state index in [1.54, 1.807) is 0 Å². The van der Waals surface area contributed by atoms with Gasteiger partial charge in [-0.1, -0.05) is 85.7 Å². The van der Waals surface area contributed by atoms with Gasteiger partial charge in [-0.2, -0.15) is 0 Å². The third kappa shape index (κ3) is 5.02. The van der Waals surface area contributed by atoms with Crippen LogP contribution in [0.4, 0.5) is 5.69 Å². The van der Waals surface area contributed by atoms with E-state index in [1.165, 1.54) is 0 Å². The van der Waals surface area contributed by atoms with Gasteiger partial charge < -0.3 is 9.63 Å². The first kappa shape index (κ1) is 25.9. The van der Waals surface area contributed by atoms with Crippen molar-refractivity contribution in [3.63, 3.8) is 0 Å². The highest BCUT2D eigenvalue weighted by molar-refractivity contribution is 6.25. The van der Waals surface area contributed by atoms with Crippen LogP contribution in [-0.4, -0.2) is 27.5 Å². The highest BCUT2D eigenvalue weighted by atomic mass is 16.5. The first-order valence-electron chi connectivity index (χ1n) is 13.9. The molecule has 0 saturated heterocycles. The van der Waals surface area contributed by atoms with Gasteiger partial charge in [0.05, 0.1) is 28.2 Å². The number of nitrogens with zero attached hydrogens (tertiary/aromatic N) is 2. The molecule has 6 heteroatoms. The molecule has 1 atom stereocenters. The lowest BCUT2D eigenvalue weighted by atomic mass is 9.73. The summed E-state index contributed by atoms with van der Waals surface area (Å²) >= 11 is 0. The van der Waals surface area contributed by atoms with E-state index in [-0.39, 0.29) is 35.1 Å². The smallest absolute Gasteiger partial charge is 0.168 e. The van der Waals surface area contributed by atoms with E-state index in [0.29, 0.717) is 60.4 Å². The zero-order valence-electron chi connectivity index (χ0n) is 22.8. The third-order valence-corrected chi connectivity index (χ3v) is 8.01. The molecule has 1 N–H and O–H groups in total. The van der Waals surface area contributed by atoms with Crippen molar-refractivity contribution >= 4 is 33.7 Å². The Kier molecular flexibility index (Phi) is 6.70. The summed E-state index contributed by atoms with van der Waals surface area (Å²) in [6.07, 6.45) is 2.38. The minimum absolute atomic E-state index is 0.00666. The Morgan fingerprint density at radius 1 is 0.950 bits per heavy atom. The predicted molar refractivity (Wildman–Crippen MR) is 155 cm³/mol. The zero-order chi connectivity index (χ0) is 27.9. The van der Waals surface area contributed by atoms with E-state index in [0.717, 1.165) is 22.0 Å². The van der Waals surface area contributed by atoms with Gasteiger partial charge in [0.25, 0.3) is 0 Å². The Morgan fingerprint density at radius 3 is 2.52 bits per heavy atom. The third-order valence-electron chi connectivity index (χ3n) is 8.01. The molecule has 0 radical (unpaired) electrons. The molecule has 1 heterocycles.